The first-order valence-corrected chi connectivity index (χ1v) is 10.2. The van der Waals surface area contributed by atoms with Crippen LogP contribution in [-0.4, -0.2) is 10.6 Å². The van der Waals surface area contributed by atoms with E-state index in [2.05, 4.69) is 15.9 Å². The highest BCUT2D eigenvalue weighted by Gasteiger charge is 2.17. The van der Waals surface area contributed by atoms with Gasteiger partial charge in [-0.25, -0.2) is 0 Å². The molecular weight excluding hydrogens is 416 g/mol. The van der Waals surface area contributed by atoms with Crippen LogP contribution in [0.3, 0.4) is 0 Å². The summed E-state index contributed by atoms with van der Waals surface area (Å²) in [6.45, 7) is 2.84. The molecule has 3 nitrogen and oxygen atoms in total. The Bertz CT molecular complexity index is 832. The second-order valence-electron chi connectivity index (χ2n) is 6.48. The van der Waals surface area contributed by atoms with Gasteiger partial charge in [-0.2, -0.15) is 0 Å². The Morgan fingerprint density at radius 1 is 0.821 bits per heavy atom. The van der Waals surface area contributed by atoms with Crippen molar-refractivity contribution >= 4 is 21.7 Å². The van der Waals surface area contributed by atoms with Gasteiger partial charge in [-0.05, 0) is 29.7 Å². The van der Waals surface area contributed by atoms with Gasteiger partial charge in [0.1, 0.15) is 24.7 Å². The lowest BCUT2D eigenvalue weighted by atomic mass is 10.1. The molecule has 0 aromatic heterocycles. The molecule has 1 atom stereocenters. The first kappa shape index (κ1) is 20.2. The summed E-state index contributed by atoms with van der Waals surface area (Å²) in [6, 6.07) is 25.3. The summed E-state index contributed by atoms with van der Waals surface area (Å²) in [5.41, 5.74) is 2.72. The number of carbonyl (C=O) groups is 1. The predicted molar refractivity (Wildman–Crippen MR) is 115 cm³/mol. The molecule has 0 amide bonds. The van der Waals surface area contributed by atoms with Gasteiger partial charge in [0, 0.05) is 11.6 Å². The van der Waals surface area contributed by atoms with Crippen LogP contribution in [0.25, 0.3) is 0 Å². The fraction of sp³-hybridized carbons (Fsp3) is 0.208. The summed E-state index contributed by atoms with van der Waals surface area (Å²) in [5, 5.41) is 0. The molecular formula is C24H23BrO3. The van der Waals surface area contributed by atoms with Crippen molar-refractivity contribution in [2.24, 2.45) is 0 Å². The number of rotatable bonds is 9. The van der Waals surface area contributed by atoms with E-state index in [0.29, 0.717) is 36.7 Å². The quantitative estimate of drug-likeness (QED) is 0.294. The summed E-state index contributed by atoms with van der Waals surface area (Å²) in [5.74, 6) is 1.26. The maximum atomic E-state index is 12.7. The van der Waals surface area contributed by atoms with Crippen LogP contribution in [0.5, 0.6) is 11.5 Å². The molecule has 144 valence electrons. The lowest BCUT2D eigenvalue weighted by Crippen LogP contribution is -2.13. The van der Waals surface area contributed by atoms with Crippen LogP contribution in [0.1, 0.15) is 34.8 Å². The number of ether oxygens (including phenoxy) is 2. The number of alkyl halides is 1. The van der Waals surface area contributed by atoms with Crippen molar-refractivity contribution in [3.05, 3.63) is 95.6 Å². The normalized spacial score (nSPS) is 11.6. The van der Waals surface area contributed by atoms with Crippen LogP contribution in [0, 0.1) is 0 Å². The fourth-order valence-corrected chi connectivity index (χ4v) is 2.99. The Labute approximate surface area is 174 Å². The fourth-order valence-electron chi connectivity index (χ4n) is 2.73. The molecule has 0 spiro atoms. The molecule has 0 fully saturated rings. The highest BCUT2D eigenvalue weighted by atomic mass is 79.9. The third-order valence-electron chi connectivity index (χ3n) is 4.30. The van der Waals surface area contributed by atoms with Crippen molar-refractivity contribution < 1.29 is 14.3 Å². The maximum absolute atomic E-state index is 12.7. The van der Waals surface area contributed by atoms with E-state index in [9.17, 15) is 4.79 Å². The third kappa shape index (κ3) is 5.70. The van der Waals surface area contributed by atoms with Crippen LogP contribution in [0.2, 0.25) is 0 Å². The van der Waals surface area contributed by atoms with Crippen LogP contribution >= 0.6 is 15.9 Å². The minimum absolute atomic E-state index is 0.0252. The lowest BCUT2D eigenvalue weighted by Gasteiger charge is -2.13. The Balaban J connectivity index is 1.79. The summed E-state index contributed by atoms with van der Waals surface area (Å²) >= 11 is 3.45. The zero-order valence-corrected chi connectivity index (χ0v) is 17.4. The number of carbonyl (C=O) groups excluding carboxylic acids is 1. The molecule has 0 aliphatic heterocycles. The van der Waals surface area contributed by atoms with E-state index in [1.54, 1.807) is 12.1 Å². The van der Waals surface area contributed by atoms with E-state index >= 15 is 0 Å². The van der Waals surface area contributed by atoms with Gasteiger partial charge in [-0.3, -0.25) is 4.79 Å². The molecule has 0 N–H and O–H groups in total. The van der Waals surface area contributed by atoms with Gasteiger partial charge in [0.05, 0.1) is 4.83 Å². The molecule has 0 saturated heterocycles. The van der Waals surface area contributed by atoms with Crippen molar-refractivity contribution in [3.63, 3.8) is 0 Å². The van der Waals surface area contributed by atoms with E-state index in [4.69, 9.17) is 9.47 Å². The van der Waals surface area contributed by atoms with Crippen LogP contribution in [0.4, 0.5) is 0 Å². The Morgan fingerprint density at radius 3 is 1.71 bits per heavy atom. The topological polar surface area (TPSA) is 35.5 Å². The monoisotopic (exact) mass is 438 g/mol. The maximum Gasteiger partial charge on any atom is 0.176 e. The number of hydrogen-bond donors (Lipinski definition) is 0. The van der Waals surface area contributed by atoms with Crippen molar-refractivity contribution in [3.8, 4) is 11.5 Å². The van der Waals surface area contributed by atoms with Crippen molar-refractivity contribution in [1.29, 1.82) is 0 Å². The van der Waals surface area contributed by atoms with E-state index in [0.717, 1.165) is 11.1 Å². The molecule has 0 aliphatic rings. The number of ketones is 1. The molecule has 4 heteroatoms. The van der Waals surface area contributed by atoms with E-state index in [-0.39, 0.29) is 10.6 Å². The Kier molecular flexibility index (Phi) is 7.26. The minimum atomic E-state index is -0.223. The second kappa shape index (κ2) is 10.1. The molecule has 3 rings (SSSR count). The third-order valence-corrected chi connectivity index (χ3v) is 5.37. The second-order valence-corrected chi connectivity index (χ2v) is 7.59. The molecule has 0 saturated carbocycles. The average Bonchev–Trinajstić information content (AvgIpc) is 2.76. The summed E-state index contributed by atoms with van der Waals surface area (Å²) in [4.78, 5) is 12.4. The molecule has 28 heavy (non-hydrogen) atoms. The standard InChI is InChI=1S/C24H23BrO3/c1-2-23(25)24(26)20-13-21(27-16-18-9-5-3-6-10-18)15-22(14-20)28-17-19-11-7-4-8-12-19/h3-15,23H,2,16-17H2,1H3. The first-order chi connectivity index (χ1) is 13.7. The first-order valence-electron chi connectivity index (χ1n) is 9.32. The molecule has 3 aromatic rings. The average molecular weight is 439 g/mol. The predicted octanol–water partition coefficient (Wildman–Crippen LogP) is 6.20. The lowest BCUT2D eigenvalue weighted by molar-refractivity contribution is 0.0989. The summed E-state index contributed by atoms with van der Waals surface area (Å²) < 4.78 is 11.9. The molecule has 0 heterocycles. The zero-order chi connectivity index (χ0) is 19.8. The Morgan fingerprint density at radius 2 is 1.29 bits per heavy atom. The molecule has 0 bridgehead atoms. The van der Waals surface area contributed by atoms with Crippen molar-refractivity contribution in [1.82, 2.24) is 0 Å². The van der Waals surface area contributed by atoms with E-state index in [1.165, 1.54) is 0 Å². The van der Waals surface area contributed by atoms with Gasteiger partial charge in [0.2, 0.25) is 0 Å². The number of halogens is 1. The summed E-state index contributed by atoms with van der Waals surface area (Å²) in [7, 11) is 0. The number of hydrogen-bond acceptors (Lipinski definition) is 3. The van der Waals surface area contributed by atoms with Crippen LogP contribution in [0.15, 0.2) is 78.9 Å². The zero-order valence-electron chi connectivity index (χ0n) is 15.8. The van der Waals surface area contributed by atoms with E-state index < -0.39 is 0 Å². The Hall–Kier alpha value is -2.59. The largest absolute Gasteiger partial charge is 0.489 e. The molecule has 0 aliphatic carbocycles. The SMILES string of the molecule is CCC(Br)C(=O)c1cc(OCc2ccccc2)cc(OCc2ccccc2)c1. The molecule has 0 radical (unpaired) electrons. The number of Topliss-reactive ketones (excluding diaryl/α,β-unsaturated/α-hetero) is 1. The van der Waals surface area contributed by atoms with E-state index in [1.807, 2.05) is 73.7 Å². The van der Waals surface area contributed by atoms with Gasteiger partial charge < -0.3 is 9.47 Å². The van der Waals surface area contributed by atoms with Gasteiger partial charge in [-0.1, -0.05) is 83.5 Å². The van der Waals surface area contributed by atoms with Crippen molar-refractivity contribution in [2.75, 3.05) is 0 Å². The highest BCUT2D eigenvalue weighted by molar-refractivity contribution is 9.10. The van der Waals surface area contributed by atoms with Crippen LogP contribution in [-0.2, 0) is 13.2 Å². The van der Waals surface area contributed by atoms with Gasteiger partial charge in [0.25, 0.3) is 0 Å². The van der Waals surface area contributed by atoms with Crippen LogP contribution < -0.4 is 9.47 Å². The van der Waals surface area contributed by atoms with Gasteiger partial charge in [0.15, 0.2) is 5.78 Å². The van der Waals surface area contributed by atoms with Crippen molar-refractivity contribution in [2.45, 2.75) is 31.4 Å². The number of benzene rings is 3. The smallest absolute Gasteiger partial charge is 0.176 e. The molecule has 1 unspecified atom stereocenters. The minimum Gasteiger partial charge on any atom is -0.489 e. The molecule has 3 aromatic carbocycles. The van der Waals surface area contributed by atoms with Gasteiger partial charge in [-0.15, -0.1) is 0 Å². The highest BCUT2D eigenvalue weighted by Crippen LogP contribution is 2.27. The van der Waals surface area contributed by atoms with Gasteiger partial charge >= 0.3 is 0 Å². The summed E-state index contributed by atoms with van der Waals surface area (Å²) in [6.07, 6.45) is 0.716.